The Bertz CT molecular complexity index is 1530. The average Bonchev–Trinajstić information content (AvgIpc) is 3.75. The number of pyridine rings is 1. The SMILES string of the molecule is C=C(N[C@@H]1CCCN(c2cc(Nc3ccc(C(=O)N4CCOCC4)cn3)c(=O)n(C)n2)C1)c1cc2c(s1)[C@H]1CC[C@@H]2C1. The predicted octanol–water partition coefficient (Wildman–Crippen LogP) is 4.05. The molecule has 2 saturated heterocycles. The topological polar surface area (TPSA) is 105 Å². The maximum absolute atomic E-state index is 13.0. The molecule has 2 N–H and O–H groups in total. The number of hydrogen-bond donors (Lipinski definition) is 2. The molecule has 0 spiro atoms. The van der Waals surface area contributed by atoms with Gasteiger partial charge in [-0.15, -0.1) is 11.3 Å². The van der Waals surface area contributed by atoms with Crippen LogP contribution in [0.2, 0.25) is 0 Å². The molecule has 220 valence electrons. The maximum Gasteiger partial charge on any atom is 0.290 e. The molecule has 2 aliphatic heterocycles. The van der Waals surface area contributed by atoms with E-state index in [1.807, 2.05) is 11.3 Å². The quantitative estimate of drug-likeness (QED) is 0.427. The molecular weight excluding hydrogens is 550 g/mol. The number of carbonyl (C=O) groups is 1. The lowest BCUT2D eigenvalue weighted by Gasteiger charge is -2.35. The van der Waals surface area contributed by atoms with Gasteiger partial charge in [0.2, 0.25) is 0 Å². The summed E-state index contributed by atoms with van der Waals surface area (Å²) in [4.78, 5) is 37.0. The second kappa shape index (κ2) is 11.2. The first-order valence-electron chi connectivity index (χ1n) is 15.0. The first kappa shape index (κ1) is 27.2. The van der Waals surface area contributed by atoms with Crippen LogP contribution in [0.4, 0.5) is 17.3 Å². The fraction of sp³-hybridized carbons (Fsp3) is 0.484. The van der Waals surface area contributed by atoms with Crippen LogP contribution in [0, 0.1) is 0 Å². The Morgan fingerprint density at radius 2 is 1.95 bits per heavy atom. The molecule has 3 aromatic heterocycles. The fourth-order valence-corrected chi connectivity index (χ4v) is 8.18. The van der Waals surface area contributed by atoms with Gasteiger partial charge in [-0.2, -0.15) is 5.10 Å². The van der Waals surface area contributed by atoms with E-state index in [4.69, 9.17) is 4.74 Å². The number of amides is 1. The van der Waals surface area contributed by atoms with Crippen molar-refractivity contribution >= 4 is 40.3 Å². The van der Waals surface area contributed by atoms with E-state index in [1.165, 1.54) is 28.8 Å². The maximum atomic E-state index is 13.0. The number of anilines is 3. The van der Waals surface area contributed by atoms with Crippen molar-refractivity contribution in [1.82, 2.24) is 25.0 Å². The minimum absolute atomic E-state index is 0.0642. The van der Waals surface area contributed by atoms with Gasteiger partial charge in [0.05, 0.1) is 23.7 Å². The molecule has 2 aliphatic carbocycles. The Kier molecular flexibility index (Phi) is 7.23. The normalized spacial score (nSPS) is 23.1. The van der Waals surface area contributed by atoms with Crippen molar-refractivity contribution in [3.63, 3.8) is 0 Å². The molecule has 3 aromatic rings. The summed E-state index contributed by atoms with van der Waals surface area (Å²) in [5.74, 6) is 2.70. The summed E-state index contributed by atoms with van der Waals surface area (Å²) in [7, 11) is 1.67. The first-order chi connectivity index (χ1) is 20.4. The zero-order chi connectivity index (χ0) is 28.8. The minimum atomic E-state index is -0.242. The molecule has 42 heavy (non-hydrogen) atoms. The second-order valence-electron chi connectivity index (χ2n) is 11.9. The monoisotopic (exact) mass is 587 g/mol. The van der Waals surface area contributed by atoms with E-state index >= 15 is 0 Å². The van der Waals surface area contributed by atoms with Crippen molar-refractivity contribution in [2.45, 2.75) is 50.0 Å². The lowest BCUT2D eigenvalue weighted by Crippen LogP contribution is -2.45. The van der Waals surface area contributed by atoms with Crippen LogP contribution in [0.1, 0.15) is 69.6 Å². The number of thiophene rings is 1. The van der Waals surface area contributed by atoms with Crippen molar-refractivity contribution in [2.24, 2.45) is 7.05 Å². The van der Waals surface area contributed by atoms with Crippen molar-refractivity contribution in [3.8, 4) is 0 Å². The van der Waals surface area contributed by atoms with Gasteiger partial charge in [-0.1, -0.05) is 6.58 Å². The summed E-state index contributed by atoms with van der Waals surface area (Å²) >= 11 is 1.93. The Balaban J connectivity index is 1.02. The number of hydrogen-bond acceptors (Lipinski definition) is 9. The molecule has 7 rings (SSSR count). The number of aryl methyl sites for hydroxylation is 1. The van der Waals surface area contributed by atoms with Gasteiger partial charge >= 0.3 is 0 Å². The van der Waals surface area contributed by atoms with Crippen molar-refractivity contribution in [1.29, 1.82) is 0 Å². The third kappa shape index (κ3) is 5.20. The lowest BCUT2D eigenvalue weighted by atomic mass is 9.98. The summed E-state index contributed by atoms with van der Waals surface area (Å²) in [5.41, 5.74) is 3.25. The van der Waals surface area contributed by atoms with Crippen LogP contribution in [0.3, 0.4) is 0 Å². The molecule has 2 bridgehead atoms. The number of aromatic nitrogens is 3. The zero-order valence-corrected chi connectivity index (χ0v) is 24.8. The summed E-state index contributed by atoms with van der Waals surface area (Å²) in [5, 5.41) is 11.4. The molecule has 1 amide bonds. The molecule has 3 fully saturated rings. The number of piperidine rings is 1. The third-order valence-electron chi connectivity index (χ3n) is 9.08. The number of morpholine rings is 1. The summed E-state index contributed by atoms with van der Waals surface area (Å²) in [6, 6.07) is 7.89. The highest BCUT2D eigenvalue weighted by Gasteiger charge is 2.39. The van der Waals surface area contributed by atoms with Crippen LogP contribution < -0.4 is 21.1 Å². The Morgan fingerprint density at radius 1 is 1.12 bits per heavy atom. The van der Waals surface area contributed by atoms with Gasteiger partial charge in [0.1, 0.15) is 11.5 Å². The van der Waals surface area contributed by atoms with Gasteiger partial charge in [0, 0.05) is 62.1 Å². The molecule has 1 saturated carbocycles. The molecule has 11 heteroatoms. The predicted molar refractivity (Wildman–Crippen MR) is 165 cm³/mol. The molecule has 3 atom stereocenters. The number of nitrogens with zero attached hydrogens (tertiary/aromatic N) is 5. The summed E-state index contributed by atoms with van der Waals surface area (Å²) in [6.45, 7) is 8.29. The van der Waals surface area contributed by atoms with Gasteiger partial charge in [0.25, 0.3) is 11.5 Å². The molecule has 0 aromatic carbocycles. The third-order valence-corrected chi connectivity index (χ3v) is 10.5. The molecule has 0 radical (unpaired) electrons. The lowest BCUT2D eigenvalue weighted by molar-refractivity contribution is 0.0302. The van der Waals surface area contributed by atoms with Gasteiger partial charge in [-0.3, -0.25) is 9.59 Å². The summed E-state index contributed by atoms with van der Waals surface area (Å²) in [6.07, 6.45) is 7.65. The first-order valence-corrected chi connectivity index (χ1v) is 15.8. The van der Waals surface area contributed by atoms with Crippen LogP contribution in [-0.4, -0.2) is 71.0 Å². The Labute approximate surface area is 249 Å². The molecule has 0 unspecified atom stereocenters. The van der Waals surface area contributed by atoms with Gasteiger partial charge in [0.15, 0.2) is 5.82 Å². The van der Waals surface area contributed by atoms with E-state index in [0.29, 0.717) is 43.4 Å². The minimum Gasteiger partial charge on any atom is -0.380 e. The number of ether oxygens (including phenoxy) is 1. The number of nitrogens with one attached hydrogen (secondary N) is 2. The second-order valence-corrected chi connectivity index (χ2v) is 12.9. The van der Waals surface area contributed by atoms with Crippen molar-refractivity contribution in [2.75, 3.05) is 49.6 Å². The van der Waals surface area contributed by atoms with Gasteiger partial charge in [-0.25, -0.2) is 9.67 Å². The molecular formula is C31H37N7O3S. The van der Waals surface area contributed by atoms with Gasteiger partial charge in [-0.05, 0) is 67.7 Å². The van der Waals surface area contributed by atoms with Crippen LogP contribution in [-0.2, 0) is 11.8 Å². The number of fused-ring (bicyclic) bond motifs is 5. The Hall–Kier alpha value is -3.70. The van der Waals surface area contributed by atoms with E-state index in [-0.39, 0.29) is 17.5 Å². The van der Waals surface area contributed by atoms with E-state index in [0.717, 1.165) is 49.3 Å². The molecule has 5 heterocycles. The van der Waals surface area contributed by atoms with Crippen molar-refractivity contribution in [3.05, 3.63) is 68.3 Å². The van der Waals surface area contributed by atoms with E-state index in [9.17, 15) is 9.59 Å². The standard InChI is InChI=1S/C31H37N7O3S/c1-19(26-15-24-20-5-6-21(14-20)29(24)42-26)33-23-4-3-9-38(18-23)28-16-25(31(40)36(2)35-28)34-27-8-7-22(17-32-27)30(39)37-10-12-41-13-11-37/h7-8,15-17,20-21,23,33H,1,3-6,9-14,18H2,2H3,(H,32,34)/t20-,21+,23-/m1/s1. The Morgan fingerprint density at radius 3 is 2.74 bits per heavy atom. The van der Waals surface area contributed by atoms with Crippen LogP contribution in [0.15, 0.2) is 41.8 Å². The smallest absolute Gasteiger partial charge is 0.290 e. The largest absolute Gasteiger partial charge is 0.380 e. The number of carbonyl (C=O) groups excluding carboxylic acids is 1. The van der Waals surface area contributed by atoms with Crippen LogP contribution >= 0.6 is 11.3 Å². The number of rotatable bonds is 7. The average molecular weight is 588 g/mol. The zero-order valence-electron chi connectivity index (χ0n) is 24.0. The molecule has 10 nitrogen and oxygen atoms in total. The van der Waals surface area contributed by atoms with E-state index in [2.05, 4.69) is 38.3 Å². The van der Waals surface area contributed by atoms with Crippen LogP contribution in [0.25, 0.3) is 5.70 Å². The van der Waals surface area contributed by atoms with Crippen LogP contribution in [0.5, 0.6) is 0 Å². The van der Waals surface area contributed by atoms with E-state index < -0.39 is 0 Å². The van der Waals surface area contributed by atoms with E-state index in [1.54, 1.807) is 46.8 Å². The molecule has 4 aliphatic rings. The fourth-order valence-electron chi connectivity index (χ4n) is 6.85. The highest BCUT2D eigenvalue weighted by Crippen LogP contribution is 2.56. The van der Waals surface area contributed by atoms with Gasteiger partial charge < -0.3 is 25.2 Å². The highest BCUT2D eigenvalue weighted by atomic mass is 32.1. The summed E-state index contributed by atoms with van der Waals surface area (Å²) < 4.78 is 6.71. The highest BCUT2D eigenvalue weighted by molar-refractivity contribution is 7.13. The van der Waals surface area contributed by atoms with Crippen molar-refractivity contribution < 1.29 is 9.53 Å².